The summed E-state index contributed by atoms with van der Waals surface area (Å²) >= 11 is 0. The molecule has 1 N–H and O–H groups in total. The van der Waals surface area contributed by atoms with Gasteiger partial charge in [-0.15, -0.1) is 0 Å². The minimum atomic E-state index is -0.645. The molecule has 3 aromatic heterocycles. The van der Waals surface area contributed by atoms with Crippen molar-refractivity contribution in [2.45, 2.75) is 0 Å². The summed E-state index contributed by atoms with van der Waals surface area (Å²) in [7, 11) is 1.26. The molecule has 4 rings (SSSR count). The monoisotopic (exact) mass is 361 g/mol. The normalized spacial score (nSPS) is 10.7. The first kappa shape index (κ1) is 16.6. The van der Waals surface area contributed by atoms with Crippen molar-refractivity contribution >= 4 is 23.1 Å². The van der Waals surface area contributed by atoms with Gasteiger partial charge in [-0.1, -0.05) is 18.2 Å². The van der Waals surface area contributed by atoms with E-state index in [9.17, 15) is 9.59 Å². The Hall–Kier alpha value is -3.87. The second-order valence-corrected chi connectivity index (χ2v) is 5.78. The maximum atomic E-state index is 12.6. The van der Waals surface area contributed by atoms with E-state index in [0.717, 1.165) is 5.52 Å². The number of carbonyl (C=O) groups is 2. The van der Waals surface area contributed by atoms with E-state index in [1.165, 1.54) is 13.2 Å². The highest BCUT2D eigenvalue weighted by Gasteiger charge is 2.25. The highest BCUT2D eigenvalue weighted by Crippen LogP contribution is 2.28. The van der Waals surface area contributed by atoms with Crippen molar-refractivity contribution in [1.29, 1.82) is 0 Å². The number of nitrogens with zero attached hydrogens (tertiary/aromatic N) is 2. The molecule has 3 heterocycles. The molecule has 0 aliphatic carbocycles. The molecule has 0 aliphatic rings. The Morgan fingerprint density at radius 3 is 2.70 bits per heavy atom. The molecule has 4 aromatic rings. The van der Waals surface area contributed by atoms with Crippen molar-refractivity contribution in [2.75, 3.05) is 12.4 Å². The summed E-state index contributed by atoms with van der Waals surface area (Å²) in [5.41, 5.74) is 2.23. The molecule has 0 saturated carbocycles. The molecule has 7 nitrogen and oxygen atoms in total. The van der Waals surface area contributed by atoms with Crippen LogP contribution in [0, 0.1) is 0 Å². The van der Waals surface area contributed by atoms with E-state index in [1.807, 2.05) is 18.2 Å². The molecule has 7 heteroatoms. The van der Waals surface area contributed by atoms with Crippen molar-refractivity contribution in [1.82, 2.24) is 9.61 Å². The lowest BCUT2D eigenvalue weighted by molar-refractivity contribution is 0.0595. The maximum absolute atomic E-state index is 12.6. The van der Waals surface area contributed by atoms with Gasteiger partial charge in [0.1, 0.15) is 11.3 Å². The van der Waals surface area contributed by atoms with Crippen molar-refractivity contribution in [3.63, 3.8) is 0 Å². The van der Waals surface area contributed by atoms with Crippen LogP contribution in [0.5, 0.6) is 0 Å². The Kier molecular flexibility index (Phi) is 4.18. The zero-order valence-corrected chi connectivity index (χ0v) is 14.4. The Morgan fingerprint density at radius 1 is 1.11 bits per heavy atom. The van der Waals surface area contributed by atoms with Gasteiger partial charge in [0.05, 0.1) is 12.6 Å². The largest absolute Gasteiger partial charge is 0.465 e. The van der Waals surface area contributed by atoms with E-state index in [0.29, 0.717) is 17.0 Å². The van der Waals surface area contributed by atoms with Crippen LogP contribution in [0.15, 0.2) is 71.4 Å². The zero-order chi connectivity index (χ0) is 18.8. The van der Waals surface area contributed by atoms with E-state index < -0.39 is 11.9 Å². The molecule has 0 saturated heterocycles. The van der Waals surface area contributed by atoms with Crippen molar-refractivity contribution < 1.29 is 18.7 Å². The van der Waals surface area contributed by atoms with Gasteiger partial charge in [0.2, 0.25) is 5.76 Å². The fraction of sp³-hybridized carbons (Fsp3) is 0.0500. The van der Waals surface area contributed by atoms with Crippen LogP contribution in [-0.2, 0) is 4.74 Å². The fourth-order valence-electron chi connectivity index (χ4n) is 2.75. The first-order valence-electron chi connectivity index (χ1n) is 8.18. The highest BCUT2D eigenvalue weighted by atomic mass is 16.5. The second-order valence-electron chi connectivity index (χ2n) is 5.78. The lowest BCUT2D eigenvalue weighted by Crippen LogP contribution is -2.15. The third-order valence-electron chi connectivity index (χ3n) is 4.06. The third-order valence-corrected chi connectivity index (χ3v) is 4.06. The lowest BCUT2D eigenvalue weighted by atomic mass is 10.1. The van der Waals surface area contributed by atoms with Gasteiger partial charge in [-0.2, -0.15) is 5.10 Å². The highest BCUT2D eigenvalue weighted by molar-refractivity contribution is 6.09. The molecule has 1 amide bonds. The number of furan rings is 1. The summed E-state index contributed by atoms with van der Waals surface area (Å²) in [6.07, 6.45) is 3.45. The molecule has 0 bridgehead atoms. The van der Waals surface area contributed by atoms with Crippen LogP contribution in [0.25, 0.3) is 16.8 Å². The number of para-hydroxylation sites is 1. The second kappa shape index (κ2) is 6.80. The average molecular weight is 361 g/mol. The molecule has 134 valence electrons. The van der Waals surface area contributed by atoms with E-state index in [1.54, 1.807) is 47.2 Å². The van der Waals surface area contributed by atoms with E-state index in [4.69, 9.17) is 9.15 Å². The molecule has 27 heavy (non-hydrogen) atoms. The summed E-state index contributed by atoms with van der Waals surface area (Å²) in [4.78, 5) is 24.8. The minimum Gasteiger partial charge on any atom is -0.465 e. The van der Waals surface area contributed by atoms with Gasteiger partial charge in [0.15, 0.2) is 0 Å². The van der Waals surface area contributed by atoms with Crippen LogP contribution in [0.2, 0.25) is 0 Å². The summed E-state index contributed by atoms with van der Waals surface area (Å²) in [6.45, 7) is 0. The van der Waals surface area contributed by atoms with Crippen LogP contribution < -0.4 is 5.32 Å². The first-order chi connectivity index (χ1) is 13.2. The van der Waals surface area contributed by atoms with E-state index >= 15 is 0 Å². The first-order valence-corrected chi connectivity index (χ1v) is 8.18. The molecule has 0 unspecified atom stereocenters. The summed E-state index contributed by atoms with van der Waals surface area (Å²) in [5.74, 6) is -0.890. The summed E-state index contributed by atoms with van der Waals surface area (Å²) < 4.78 is 12.2. The molecule has 0 spiro atoms. The van der Waals surface area contributed by atoms with Gasteiger partial charge in [-0.3, -0.25) is 4.79 Å². The SMILES string of the molecule is COC(=O)c1cc(-c2ccn3nccc3c2)oc1C(=O)Nc1ccccc1. The number of esters is 1. The maximum Gasteiger partial charge on any atom is 0.342 e. The Balaban J connectivity index is 1.74. The number of carbonyl (C=O) groups excluding carboxylic acids is 2. The van der Waals surface area contributed by atoms with Gasteiger partial charge in [0, 0.05) is 23.6 Å². The number of anilines is 1. The van der Waals surface area contributed by atoms with Crippen molar-refractivity contribution in [3.8, 4) is 11.3 Å². The molecule has 0 aliphatic heterocycles. The molecular weight excluding hydrogens is 346 g/mol. The Labute approximate surface area is 154 Å². The van der Waals surface area contributed by atoms with Crippen LogP contribution >= 0.6 is 0 Å². The number of ether oxygens (including phenoxy) is 1. The zero-order valence-electron chi connectivity index (χ0n) is 14.4. The average Bonchev–Trinajstić information content (AvgIpc) is 3.34. The van der Waals surface area contributed by atoms with E-state index in [2.05, 4.69) is 10.4 Å². The predicted octanol–water partition coefficient (Wildman–Crippen LogP) is 3.63. The number of rotatable bonds is 4. The number of hydrogen-bond donors (Lipinski definition) is 1. The molecule has 0 atom stereocenters. The molecule has 1 aromatic carbocycles. The standard InChI is InChI=1S/C20H15N3O4/c1-26-20(25)16-12-17(13-8-10-23-15(11-13)7-9-21-23)27-18(16)19(24)22-14-5-3-2-4-6-14/h2-12H,1H3,(H,22,24). The number of amides is 1. The summed E-state index contributed by atoms with van der Waals surface area (Å²) in [5, 5.41) is 6.85. The van der Waals surface area contributed by atoms with Crippen molar-refractivity contribution in [2.24, 2.45) is 0 Å². The number of fused-ring (bicyclic) bond motifs is 1. The topological polar surface area (TPSA) is 85.8 Å². The summed E-state index contributed by atoms with van der Waals surface area (Å²) in [6, 6.07) is 15.9. The number of hydrogen-bond acceptors (Lipinski definition) is 5. The van der Waals surface area contributed by atoms with Gasteiger partial charge >= 0.3 is 5.97 Å². The number of aromatic nitrogens is 2. The lowest BCUT2D eigenvalue weighted by Gasteiger charge is -2.04. The van der Waals surface area contributed by atoms with Crippen molar-refractivity contribution in [3.05, 3.63) is 78.3 Å². The molecule has 0 fully saturated rings. The smallest absolute Gasteiger partial charge is 0.342 e. The van der Waals surface area contributed by atoms with E-state index in [-0.39, 0.29) is 11.3 Å². The quantitative estimate of drug-likeness (QED) is 0.561. The van der Waals surface area contributed by atoms with Gasteiger partial charge in [-0.05, 0) is 36.4 Å². The Bertz CT molecular complexity index is 1130. The van der Waals surface area contributed by atoms with Gasteiger partial charge in [-0.25, -0.2) is 9.31 Å². The van der Waals surface area contributed by atoms with Crippen LogP contribution in [-0.4, -0.2) is 28.6 Å². The third kappa shape index (κ3) is 3.18. The van der Waals surface area contributed by atoms with Crippen LogP contribution in [0.3, 0.4) is 0 Å². The molecule has 0 radical (unpaired) electrons. The number of methoxy groups -OCH3 is 1. The molecular formula is C20H15N3O4. The van der Waals surface area contributed by atoms with Gasteiger partial charge < -0.3 is 14.5 Å². The Morgan fingerprint density at radius 2 is 1.93 bits per heavy atom. The number of nitrogens with one attached hydrogen (secondary N) is 1. The predicted molar refractivity (Wildman–Crippen MR) is 98.6 cm³/mol. The van der Waals surface area contributed by atoms with Crippen LogP contribution in [0.4, 0.5) is 5.69 Å². The number of pyridine rings is 1. The number of benzene rings is 1. The minimum absolute atomic E-state index is 0.0642. The fourth-order valence-corrected chi connectivity index (χ4v) is 2.75. The van der Waals surface area contributed by atoms with Crippen LogP contribution in [0.1, 0.15) is 20.9 Å². The van der Waals surface area contributed by atoms with Gasteiger partial charge in [0.25, 0.3) is 5.91 Å².